The lowest BCUT2D eigenvalue weighted by molar-refractivity contribution is -0.140. The predicted octanol–water partition coefficient (Wildman–Crippen LogP) is 9.08. The first-order valence-electron chi connectivity index (χ1n) is 14.5. The molecule has 3 aliphatic rings. The smallest absolute Gasteiger partial charge is 0.314 e. The van der Waals surface area contributed by atoms with Crippen LogP contribution >= 0.6 is 0 Å². The van der Waals surface area contributed by atoms with Crippen molar-refractivity contribution in [2.24, 2.45) is 29.6 Å². The zero-order valence-corrected chi connectivity index (χ0v) is 21.4. The van der Waals surface area contributed by atoms with E-state index in [-0.39, 0.29) is 11.9 Å². The van der Waals surface area contributed by atoms with E-state index in [9.17, 15) is 4.79 Å². The van der Waals surface area contributed by atoms with Gasteiger partial charge >= 0.3 is 5.97 Å². The van der Waals surface area contributed by atoms with Crippen LogP contribution in [-0.2, 0) is 4.79 Å². The van der Waals surface area contributed by atoms with Crippen molar-refractivity contribution < 1.29 is 9.53 Å². The van der Waals surface area contributed by atoms with E-state index in [0.29, 0.717) is 5.92 Å². The van der Waals surface area contributed by atoms with Gasteiger partial charge in [0.2, 0.25) is 0 Å². The van der Waals surface area contributed by atoms with Crippen LogP contribution in [0, 0.1) is 29.6 Å². The zero-order valence-electron chi connectivity index (χ0n) is 21.4. The van der Waals surface area contributed by atoms with Crippen LogP contribution in [0.4, 0.5) is 0 Å². The van der Waals surface area contributed by atoms with E-state index in [2.05, 4.69) is 26.0 Å². The average molecular weight is 453 g/mol. The Labute approximate surface area is 203 Å². The highest BCUT2D eigenvalue weighted by molar-refractivity contribution is 5.75. The van der Waals surface area contributed by atoms with E-state index in [0.717, 1.165) is 42.3 Å². The Balaban J connectivity index is 1.19. The molecule has 1 aromatic rings. The van der Waals surface area contributed by atoms with E-state index in [4.69, 9.17) is 4.74 Å². The molecule has 0 unspecified atom stereocenters. The van der Waals surface area contributed by atoms with Crippen molar-refractivity contribution in [2.75, 3.05) is 0 Å². The highest BCUT2D eigenvalue weighted by Crippen LogP contribution is 2.42. The molecular weight excluding hydrogens is 404 g/mol. The van der Waals surface area contributed by atoms with Gasteiger partial charge in [-0.1, -0.05) is 64.5 Å². The molecule has 0 bridgehead atoms. The van der Waals surface area contributed by atoms with Gasteiger partial charge in [0, 0.05) is 0 Å². The summed E-state index contributed by atoms with van der Waals surface area (Å²) < 4.78 is 5.83. The second kappa shape index (κ2) is 12.4. The molecule has 3 aliphatic carbocycles. The molecule has 184 valence electrons. The van der Waals surface area contributed by atoms with Gasteiger partial charge in [0.15, 0.2) is 0 Å². The highest BCUT2D eigenvalue weighted by atomic mass is 16.5. The van der Waals surface area contributed by atoms with Gasteiger partial charge in [0.1, 0.15) is 5.75 Å². The number of hydrogen-bond acceptors (Lipinski definition) is 2. The fraction of sp³-hybridized carbons (Fsp3) is 0.774. The molecule has 0 spiro atoms. The van der Waals surface area contributed by atoms with Gasteiger partial charge in [-0.3, -0.25) is 4.79 Å². The molecule has 0 atom stereocenters. The lowest BCUT2D eigenvalue weighted by atomic mass is 9.69. The average Bonchev–Trinajstić information content (AvgIpc) is 2.86. The van der Waals surface area contributed by atoms with Crippen molar-refractivity contribution in [3.05, 3.63) is 29.8 Å². The van der Waals surface area contributed by atoms with Crippen molar-refractivity contribution in [1.29, 1.82) is 0 Å². The van der Waals surface area contributed by atoms with Gasteiger partial charge in [-0.05, 0) is 111 Å². The van der Waals surface area contributed by atoms with Gasteiger partial charge in [-0.15, -0.1) is 0 Å². The maximum absolute atomic E-state index is 12.8. The van der Waals surface area contributed by atoms with Crippen LogP contribution in [0.3, 0.4) is 0 Å². The Morgan fingerprint density at radius 3 is 1.70 bits per heavy atom. The van der Waals surface area contributed by atoms with E-state index in [1.165, 1.54) is 95.5 Å². The van der Waals surface area contributed by atoms with E-state index < -0.39 is 0 Å². The minimum atomic E-state index is 0.00734. The van der Waals surface area contributed by atoms with Gasteiger partial charge in [0.05, 0.1) is 5.92 Å². The van der Waals surface area contributed by atoms with Crippen LogP contribution in [-0.4, -0.2) is 5.97 Å². The van der Waals surface area contributed by atoms with Crippen LogP contribution in [0.15, 0.2) is 24.3 Å². The second-order valence-electron chi connectivity index (χ2n) is 11.7. The summed E-state index contributed by atoms with van der Waals surface area (Å²) in [5, 5.41) is 0. The molecule has 0 radical (unpaired) electrons. The molecule has 1 aromatic carbocycles. The molecule has 0 aromatic heterocycles. The quantitative estimate of drug-likeness (QED) is 0.290. The minimum Gasteiger partial charge on any atom is -0.426 e. The largest absolute Gasteiger partial charge is 0.426 e. The van der Waals surface area contributed by atoms with Crippen molar-refractivity contribution in [2.45, 2.75) is 122 Å². The summed E-state index contributed by atoms with van der Waals surface area (Å²) in [6.45, 7) is 4.62. The summed E-state index contributed by atoms with van der Waals surface area (Å²) in [5.74, 6) is 5.23. The molecule has 2 nitrogen and oxygen atoms in total. The van der Waals surface area contributed by atoms with E-state index >= 15 is 0 Å². The second-order valence-corrected chi connectivity index (χ2v) is 11.7. The standard InChI is InChI=1S/C31H48O2/c1-3-5-23-7-11-25(12-8-23)27-15-17-29(18-16-27)31(32)33-30-21-19-28(20-22-30)26-13-9-24(6-4-2)10-14-26/h19-27,29H,3-18H2,1-2H3/t23-,24-,25-,26-,27-,29-. The molecule has 3 saturated carbocycles. The first-order valence-corrected chi connectivity index (χ1v) is 14.5. The fourth-order valence-electron chi connectivity index (χ4n) is 7.38. The van der Waals surface area contributed by atoms with Crippen molar-refractivity contribution in [1.82, 2.24) is 0 Å². The Morgan fingerprint density at radius 2 is 1.18 bits per heavy atom. The van der Waals surface area contributed by atoms with E-state index in [1.807, 2.05) is 12.1 Å². The Bertz CT molecular complexity index is 699. The topological polar surface area (TPSA) is 26.3 Å². The Kier molecular flexibility index (Phi) is 9.33. The van der Waals surface area contributed by atoms with Gasteiger partial charge < -0.3 is 4.74 Å². The maximum Gasteiger partial charge on any atom is 0.314 e. The normalized spacial score (nSPS) is 32.9. The molecule has 0 heterocycles. The maximum atomic E-state index is 12.8. The van der Waals surface area contributed by atoms with Crippen LogP contribution in [0.5, 0.6) is 5.75 Å². The molecule has 0 aliphatic heterocycles. The highest BCUT2D eigenvalue weighted by Gasteiger charge is 2.33. The number of rotatable bonds is 8. The number of carbonyl (C=O) groups is 1. The molecule has 0 amide bonds. The molecular formula is C31H48O2. The molecule has 3 fully saturated rings. The van der Waals surface area contributed by atoms with E-state index in [1.54, 1.807) is 0 Å². The summed E-state index contributed by atoms with van der Waals surface area (Å²) in [5.41, 5.74) is 1.43. The van der Waals surface area contributed by atoms with Crippen LogP contribution < -0.4 is 4.74 Å². The lowest BCUT2D eigenvalue weighted by Crippen LogP contribution is -2.30. The Morgan fingerprint density at radius 1 is 0.697 bits per heavy atom. The molecule has 0 N–H and O–H groups in total. The van der Waals surface area contributed by atoms with Crippen LogP contribution in [0.1, 0.15) is 128 Å². The molecule has 0 saturated heterocycles. The molecule has 33 heavy (non-hydrogen) atoms. The monoisotopic (exact) mass is 452 g/mol. The van der Waals surface area contributed by atoms with Gasteiger partial charge in [-0.2, -0.15) is 0 Å². The first-order chi connectivity index (χ1) is 16.2. The van der Waals surface area contributed by atoms with Gasteiger partial charge in [0.25, 0.3) is 0 Å². The SMILES string of the molecule is CCC[C@H]1CC[C@H](c2ccc(OC(=O)[C@H]3CC[C@H]([C@H]4CC[C@H](CCC)CC4)CC3)cc2)CC1. The summed E-state index contributed by atoms with van der Waals surface area (Å²) in [6, 6.07) is 8.48. The third-order valence-electron chi connectivity index (χ3n) is 9.47. The predicted molar refractivity (Wildman–Crippen MR) is 137 cm³/mol. The third-order valence-corrected chi connectivity index (χ3v) is 9.47. The summed E-state index contributed by atoms with van der Waals surface area (Å²) in [7, 11) is 0. The lowest BCUT2D eigenvalue weighted by Gasteiger charge is -2.37. The first kappa shape index (κ1) is 24.8. The van der Waals surface area contributed by atoms with Crippen molar-refractivity contribution >= 4 is 5.97 Å². The van der Waals surface area contributed by atoms with Crippen molar-refractivity contribution in [3.63, 3.8) is 0 Å². The molecule has 2 heteroatoms. The van der Waals surface area contributed by atoms with Gasteiger partial charge in [-0.25, -0.2) is 0 Å². The number of benzene rings is 1. The summed E-state index contributed by atoms with van der Waals surface area (Å²) in [6.07, 6.45) is 21.1. The summed E-state index contributed by atoms with van der Waals surface area (Å²) >= 11 is 0. The zero-order chi connectivity index (χ0) is 23.0. The number of hydrogen-bond donors (Lipinski definition) is 0. The van der Waals surface area contributed by atoms with Crippen molar-refractivity contribution in [3.8, 4) is 5.75 Å². The number of ether oxygens (including phenoxy) is 1. The molecule has 4 rings (SSSR count). The number of carbonyl (C=O) groups excluding carboxylic acids is 1. The Hall–Kier alpha value is -1.31. The third kappa shape index (κ3) is 6.86. The fourth-order valence-corrected chi connectivity index (χ4v) is 7.38. The minimum absolute atomic E-state index is 0.00734. The van der Waals surface area contributed by atoms with Crippen LogP contribution in [0.25, 0.3) is 0 Å². The number of esters is 1. The van der Waals surface area contributed by atoms with Crippen LogP contribution in [0.2, 0.25) is 0 Å². The summed E-state index contributed by atoms with van der Waals surface area (Å²) in [4.78, 5) is 12.8.